The van der Waals surface area contributed by atoms with Crippen molar-refractivity contribution in [3.05, 3.63) is 35.6 Å². The van der Waals surface area contributed by atoms with Crippen molar-refractivity contribution in [3.8, 4) is 0 Å². The summed E-state index contributed by atoms with van der Waals surface area (Å²) in [4.78, 5) is 7.16. The summed E-state index contributed by atoms with van der Waals surface area (Å²) in [5.74, 6) is 0.729. The van der Waals surface area contributed by atoms with Gasteiger partial charge in [0.05, 0.1) is 6.10 Å². The molecule has 0 saturated carbocycles. The van der Waals surface area contributed by atoms with E-state index in [1.165, 1.54) is 17.7 Å². The highest BCUT2D eigenvalue weighted by atomic mass is 19.1. The van der Waals surface area contributed by atoms with Gasteiger partial charge >= 0.3 is 0 Å². The molecule has 0 spiro atoms. The number of rotatable bonds is 9. The fourth-order valence-corrected chi connectivity index (χ4v) is 3.94. The normalized spacial score (nSPS) is 19.7. The third-order valence-corrected chi connectivity index (χ3v) is 5.69. The number of benzene rings is 1. The Bertz CT molecular complexity index is 627. The molecule has 1 aromatic carbocycles. The molecule has 0 aliphatic carbocycles. The Morgan fingerprint density at radius 2 is 1.90 bits per heavy atom. The summed E-state index contributed by atoms with van der Waals surface area (Å²) in [6, 6.07) is 7.27. The smallest absolute Gasteiger partial charge is 0.191 e. The van der Waals surface area contributed by atoms with E-state index in [4.69, 9.17) is 14.5 Å². The molecule has 7 heteroatoms. The first-order chi connectivity index (χ1) is 14.7. The van der Waals surface area contributed by atoms with Crippen molar-refractivity contribution in [3.63, 3.8) is 0 Å². The van der Waals surface area contributed by atoms with Crippen molar-refractivity contribution in [1.82, 2.24) is 15.5 Å². The van der Waals surface area contributed by atoms with Crippen LogP contribution in [0, 0.1) is 5.82 Å². The molecule has 2 heterocycles. The Morgan fingerprint density at radius 3 is 2.60 bits per heavy atom. The average molecular weight is 421 g/mol. The molecule has 2 saturated heterocycles. The molecule has 6 nitrogen and oxygen atoms in total. The van der Waals surface area contributed by atoms with Crippen LogP contribution in [0.3, 0.4) is 0 Å². The molecular formula is C23H37FN4O2. The maximum atomic E-state index is 13.1. The zero-order valence-electron chi connectivity index (χ0n) is 18.2. The molecule has 30 heavy (non-hydrogen) atoms. The zero-order chi connectivity index (χ0) is 21.0. The van der Waals surface area contributed by atoms with Gasteiger partial charge < -0.3 is 20.1 Å². The molecule has 3 rings (SSSR count). The van der Waals surface area contributed by atoms with E-state index in [2.05, 4.69) is 22.5 Å². The molecule has 0 amide bonds. The lowest BCUT2D eigenvalue weighted by atomic mass is 10.0. The summed E-state index contributed by atoms with van der Waals surface area (Å²) in [5.41, 5.74) is 1.17. The zero-order valence-corrected chi connectivity index (χ0v) is 18.2. The predicted molar refractivity (Wildman–Crippen MR) is 118 cm³/mol. The summed E-state index contributed by atoms with van der Waals surface area (Å²) < 4.78 is 24.4. The van der Waals surface area contributed by atoms with Crippen molar-refractivity contribution < 1.29 is 13.9 Å². The molecule has 0 unspecified atom stereocenters. The van der Waals surface area contributed by atoms with E-state index < -0.39 is 0 Å². The maximum absolute atomic E-state index is 13.1. The summed E-state index contributed by atoms with van der Waals surface area (Å²) >= 11 is 0. The van der Waals surface area contributed by atoms with Crippen LogP contribution < -0.4 is 10.6 Å². The van der Waals surface area contributed by atoms with Gasteiger partial charge in [0.1, 0.15) is 5.82 Å². The van der Waals surface area contributed by atoms with Gasteiger partial charge in [-0.15, -0.1) is 0 Å². The van der Waals surface area contributed by atoms with E-state index in [9.17, 15) is 4.39 Å². The first kappa shape index (κ1) is 23.0. The number of halogens is 1. The lowest BCUT2D eigenvalue weighted by Crippen LogP contribution is -2.48. The molecule has 2 aliphatic rings. The second-order valence-corrected chi connectivity index (χ2v) is 8.12. The largest absolute Gasteiger partial charge is 0.381 e. The van der Waals surface area contributed by atoms with Crippen LogP contribution in [0.2, 0.25) is 0 Å². The van der Waals surface area contributed by atoms with Crippen molar-refractivity contribution in [1.29, 1.82) is 0 Å². The molecular weight excluding hydrogens is 383 g/mol. The van der Waals surface area contributed by atoms with Crippen LogP contribution in [-0.4, -0.2) is 69.0 Å². The van der Waals surface area contributed by atoms with Gasteiger partial charge in [-0.3, -0.25) is 9.89 Å². The van der Waals surface area contributed by atoms with Crippen molar-refractivity contribution in [2.45, 2.75) is 57.7 Å². The Morgan fingerprint density at radius 1 is 1.17 bits per heavy atom. The molecule has 0 aromatic heterocycles. The number of likely N-dealkylation sites (tertiary alicyclic amines) is 1. The summed E-state index contributed by atoms with van der Waals surface area (Å²) in [5, 5.41) is 6.95. The quantitative estimate of drug-likeness (QED) is 0.365. The fraction of sp³-hybridized carbons (Fsp3) is 0.696. The van der Waals surface area contributed by atoms with Crippen LogP contribution in [0.1, 0.15) is 44.6 Å². The van der Waals surface area contributed by atoms with Crippen molar-refractivity contribution >= 4 is 5.96 Å². The number of hydrogen-bond donors (Lipinski definition) is 2. The molecule has 2 N–H and O–H groups in total. The second kappa shape index (κ2) is 12.9. The highest BCUT2D eigenvalue weighted by molar-refractivity contribution is 5.80. The lowest BCUT2D eigenvalue weighted by Gasteiger charge is -2.33. The molecule has 2 fully saturated rings. The number of aliphatic imine (C=N–C) groups is 1. The summed E-state index contributed by atoms with van der Waals surface area (Å²) in [6.07, 6.45) is 5.47. The number of nitrogens with zero attached hydrogens (tertiary/aromatic N) is 2. The van der Waals surface area contributed by atoms with Crippen LogP contribution in [-0.2, 0) is 16.0 Å². The first-order valence-corrected chi connectivity index (χ1v) is 11.4. The standard InChI is InChI=1S/C23H37FN4O2/c1-2-25-23(26-12-3-15-30-22-10-16-29-17-11-22)27-21-8-13-28(14-9-21)18-19-4-6-20(24)7-5-19/h4-7,21-22H,2-3,8-18H2,1H3,(H2,25,26,27). The first-order valence-electron chi connectivity index (χ1n) is 11.4. The van der Waals surface area contributed by atoms with E-state index in [0.29, 0.717) is 12.1 Å². The molecule has 0 radical (unpaired) electrons. The lowest BCUT2D eigenvalue weighted by molar-refractivity contribution is -0.0318. The Hall–Kier alpha value is -1.70. The van der Waals surface area contributed by atoms with Crippen LogP contribution in [0.25, 0.3) is 0 Å². The van der Waals surface area contributed by atoms with Gasteiger partial charge in [-0.1, -0.05) is 12.1 Å². The van der Waals surface area contributed by atoms with Gasteiger partial charge in [-0.05, 0) is 56.7 Å². The summed E-state index contributed by atoms with van der Waals surface area (Å²) in [6.45, 7) is 9.07. The number of guanidine groups is 1. The van der Waals surface area contributed by atoms with Gasteiger partial charge in [0.2, 0.25) is 0 Å². The molecule has 0 atom stereocenters. The molecule has 2 aliphatic heterocycles. The number of ether oxygens (including phenoxy) is 2. The van der Waals surface area contributed by atoms with E-state index in [1.54, 1.807) is 0 Å². The highest BCUT2D eigenvalue weighted by Crippen LogP contribution is 2.14. The molecule has 1 aromatic rings. The van der Waals surface area contributed by atoms with Crippen molar-refractivity contribution in [2.24, 2.45) is 4.99 Å². The van der Waals surface area contributed by atoms with Crippen LogP contribution >= 0.6 is 0 Å². The Kier molecular flexibility index (Phi) is 9.86. The number of nitrogens with one attached hydrogen (secondary N) is 2. The molecule has 168 valence electrons. The highest BCUT2D eigenvalue weighted by Gasteiger charge is 2.20. The number of hydrogen-bond acceptors (Lipinski definition) is 4. The minimum atomic E-state index is -0.174. The van der Waals surface area contributed by atoms with Gasteiger partial charge in [0.25, 0.3) is 0 Å². The van der Waals surface area contributed by atoms with Gasteiger partial charge in [-0.2, -0.15) is 0 Å². The van der Waals surface area contributed by atoms with E-state index in [1.807, 2.05) is 12.1 Å². The SMILES string of the molecule is CCNC(=NCCCOC1CCOCC1)NC1CCN(Cc2ccc(F)cc2)CC1. The van der Waals surface area contributed by atoms with Crippen LogP contribution in [0.5, 0.6) is 0 Å². The minimum absolute atomic E-state index is 0.174. The van der Waals surface area contributed by atoms with Crippen molar-refractivity contribution in [2.75, 3.05) is 46.0 Å². The topological polar surface area (TPSA) is 58.1 Å². The van der Waals surface area contributed by atoms with E-state index in [0.717, 1.165) is 90.6 Å². The number of piperidine rings is 1. The van der Waals surface area contributed by atoms with Crippen LogP contribution in [0.15, 0.2) is 29.3 Å². The third kappa shape index (κ3) is 8.20. The van der Waals surface area contributed by atoms with Gasteiger partial charge in [0.15, 0.2) is 5.96 Å². The maximum Gasteiger partial charge on any atom is 0.191 e. The van der Waals surface area contributed by atoms with E-state index in [-0.39, 0.29) is 5.82 Å². The van der Waals surface area contributed by atoms with Crippen LogP contribution in [0.4, 0.5) is 4.39 Å². The Labute approximate surface area is 180 Å². The van der Waals surface area contributed by atoms with Gasteiger partial charge in [-0.25, -0.2) is 4.39 Å². The van der Waals surface area contributed by atoms with Gasteiger partial charge in [0, 0.05) is 58.6 Å². The second-order valence-electron chi connectivity index (χ2n) is 8.12. The third-order valence-electron chi connectivity index (χ3n) is 5.69. The minimum Gasteiger partial charge on any atom is -0.381 e. The fourth-order valence-electron chi connectivity index (χ4n) is 3.94. The van der Waals surface area contributed by atoms with E-state index >= 15 is 0 Å². The molecule has 0 bridgehead atoms. The monoisotopic (exact) mass is 420 g/mol. The average Bonchev–Trinajstić information content (AvgIpc) is 2.77. The predicted octanol–water partition coefficient (Wildman–Crippen LogP) is 2.93. The Balaban J connectivity index is 1.34. The summed E-state index contributed by atoms with van der Waals surface area (Å²) in [7, 11) is 0.